The lowest BCUT2D eigenvalue weighted by Gasteiger charge is -2.20. The average molecular weight is 398 g/mol. The lowest BCUT2D eigenvalue weighted by atomic mass is 9.86. The van der Waals surface area contributed by atoms with Crippen LogP contribution in [0.1, 0.15) is 61.6 Å². The summed E-state index contributed by atoms with van der Waals surface area (Å²) < 4.78 is 4.99. The van der Waals surface area contributed by atoms with Crippen LogP contribution in [0.15, 0.2) is 48.5 Å². The zero-order valence-electron chi connectivity index (χ0n) is 17.1. The summed E-state index contributed by atoms with van der Waals surface area (Å²) in [6.07, 6.45) is -0.124. The highest BCUT2D eigenvalue weighted by molar-refractivity contribution is 5.94. The van der Waals surface area contributed by atoms with Crippen LogP contribution in [0.2, 0.25) is 0 Å². The lowest BCUT2D eigenvalue weighted by molar-refractivity contribution is -0.384. The summed E-state index contributed by atoms with van der Waals surface area (Å²) in [7, 11) is 0. The topological polar surface area (TPSA) is 98.5 Å². The fourth-order valence-electron chi connectivity index (χ4n) is 2.86. The van der Waals surface area contributed by atoms with Crippen LogP contribution >= 0.6 is 0 Å². The molecule has 2 aromatic rings. The Kier molecular flexibility index (Phi) is 7.09. The molecule has 7 heteroatoms. The number of nitro groups is 1. The molecule has 0 aliphatic heterocycles. The van der Waals surface area contributed by atoms with Gasteiger partial charge < -0.3 is 10.1 Å². The third kappa shape index (κ3) is 6.14. The van der Waals surface area contributed by atoms with Gasteiger partial charge in [-0.2, -0.15) is 0 Å². The van der Waals surface area contributed by atoms with Gasteiger partial charge in [-0.25, -0.2) is 0 Å². The maximum absolute atomic E-state index is 12.8. The second-order valence-corrected chi connectivity index (χ2v) is 7.71. The Morgan fingerprint density at radius 1 is 1.14 bits per heavy atom. The van der Waals surface area contributed by atoms with E-state index in [1.54, 1.807) is 25.1 Å². The van der Waals surface area contributed by atoms with Crippen LogP contribution in [0.25, 0.3) is 0 Å². The van der Waals surface area contributed by atoms with Crippen molar-refractivity contribution >= 4 is 17.6 Å². The van der Waals surface area contributed by atoms with Gasteiger partial charge in [-0.1, -0.05) is 45.0 Å². The van der Waals surface area contributed by atoms with E-state index in [4.69, 9.17) is 4.74 Å². The highest BCUT2D eigenvalue weighted by Gasteiger charge is 2.22. The summed E-state index contributed by atoms with van der Waals surface area (Å²) in [6, 6.07) is 12.4. The minimum Gasteiger partial charge on any atom is -0.466 e. The number of nitro benzene ring substituents is 1. The molecule has 0 aromatic heterocycles. The molecule has 2 aromatic carbocycles. The molecule has 1 amide bonds. The average Bonchev–Trinajstić information content (AvgIpc) is 2.67. The Hall–Kier alpha value is -3.22. The van der Waals surface area contributed by atoms with Crippen LogP contribution in [0, 0.1) is 10.1 Å². The molecule has 29 heavy (non-hydrogen) atoms. The fourth-order valence-corrected chi connectivity index (χ4v) is 2.86. The molecule has 0 fully saturated rings. The summed E-state index contributed by atoms with van der Waals surface area (Å²) in [6.45, 7) is 8.15. The molecule has 0 radical (unpaired) electrons. The highest BCUT2D eigenvalue weighted by atomic mass is 16.6. The molecule has 7 nitrogen and oxygen atoms in total. The minimum atomic E-state index is -0.747. The Morgan fingerprint density at radius 3 is 2.34 bits per heavy atom. The fraction of sp³-hybridized carbons (Fsp3) is 0.364. The zero-order chi connectivity index (χ0) is 21.6. The number of nitrogens with zero attached hydrogens (tertiary/aromatic N) is 1. The number of ether oxygens (including phenoxy) is 1. The van der Waals surface area contributed by atoms with Gasteiger partial charge in [-0.15, -0.1) is 0 Å². The molecular weight excluding hydrogens is 372 g/mol. The van der Waals surface area contributed by atoms with Crippen molar-refractivity contribution < 1.29 is 19.2 Å². The van der Waals surface area contributed by atoms with E-state index in [1.807, 2.05) is 12.1 Å². The number of hydrogen-bond donors (Lipinski definition) is 1. The van der Waals surface area contributed by atoms with Gasteiger partial charge in [0.1, 0.15) is 0 Å². The standard InChI is InChI=1S/C22H26N2O5/c1-5-29-20(25)14-19(16-7-6-8-18(13-16)24(27)28)23-21(26)15-9-11-17(12-10-15)22(2,3)4/h6-13,19H,5,14H2,1-4H3,(H,23,26). The second-order valence-electron chi connectivity index (χ2n) is 7.71. The number of esters is 1. The van der Waals surface area contributed by atoms with E-state index in [0.29, 0.717) is 11.1 Å². The van der Waals surface area contributed by atoms with Gasteiger partial charge in [0.15, 0.2) is 0 Å². The van der Waals surface area contributed by atoms with Gasteiger partial charge in [-0.05, 0) is 35.6 Å². The minimum absolute atomic E-state index is 0.0373. The third-order valence-electron chi connectivity index (χ3n) is 4.48. The molecule has 0 bridgehead atoms. The zero-order valence-corrected chi connectivity index (χ0v) is 17.1. The molecule has 0 aliphatic rings. The van der Waals surface area contributed by atoms with E-state index in [-0.39, 0.29) is 30.0 Å². The molecule has 0 saturated carbocycles. The van der Waals surface area contributed by atoms with E-state index < -0.39 is 16.9 Å². The number of nitrogens with one attached hydrogen (secondary N) is 1. The molecule has 1 unspecified atom stereocenters. The molecule has 1 atom stereocenters. The number of carbonyl (C=O) groups excluding carboxylic acids is 2. The van der Waals surface area contributed by atoms with Crippen molar-refractivity contribution in [3.63, 3.8) is 0 Å². The van der Waals surface area contributed by atoms with Gasteiger partial charge in [-0.3, -0.25) is 19.7 Å². The quantitative estimate of drug-likeness (QED) is 0.425. The summed E-state index contributed by atoms with van der Waals surface area (Å²) in [5.41, 5.74) is 1.85. The van der Waals surface area contributed by atoms with E-state index in [9.17, 15) is 19.7 Å². The van der Waals surface area contributed by atoms with Gasteiger partial charge in [0.2, 0.25) is 0 Å². The molecular formula is C22H26N2O5. The number of hydrogen-bond acceptors (Lipinski definition) is 5. The van der Waals surface area contributed by atoms with E-state index in [1.165, 1.54) is 18.2 Å². The van der Waals surface area contributed by atoms with E-state index in [2.05, 4.69) is 26.1 Å². The largest absolute Gasteiger partial charge is 0.466 e. The summed E-state index contributed by atoms with van der Waals surface area (Å²) in [4.78, 5) is 35.3. The first-order valence-corrected chi connectivity index (χ1v) is 9.43. The Balaban J connectivity index is 2.27. The smallest absolute Gasteiger partial charge is 0.308 e. The predicted octanol–water partition coefficient (Wildman–Crippen LogP) is 4.32. The summed E-state index contributed by atoms with van der Waals surface area (Å²) in [5.74, 6) is -0.862. The van der Waals surface area contributed by atoms with Crippen molar-refractivity contribution in [2.75, 3.05) is 6.61 Å². The SMILES string of the molecule is CCOC(=O)CC(NC(=O)c1ccc(C(C)(C)C)cc1)c1cccc([N+](=O)[O-])c1. The van der Waals surface area contributed by atoms with Crippen LogP contribution < -0.4 is 5.32 Å². The second kappa shape index (κ2) is 9.32. The number of benzene rings is 2. The van der Waals surface area contributed by atoms with Gasteiger partial charge >= 0.3 is 5.97 Å². The molecule has 1 N–H and O–H groups in total. The first kappa shape index (κ1) is 22.1. The first-order valence-electron chi connectivity index (χ1n) is 9.43. The highest BCUT2D eigenvalue weighted by Crippen LogP contribution is 2.24. The Morgan fingerprint density at radius 2 is 1.79 bits per heavy atom. The van der Waals surface area contributed by atoms with Crippen molar-refractivity contribution in [2.45, 2.75) is 45.6 Å². The van der Waals surface area contributed by atoms with Gasteiger partial charge in [0.25, 0.3) is 11.6 Å². The molecule has 0 aliphatic carbocycles. The predicted molar refractivity (Wildman–Crippen MR) is 110 cm³/mol. The van der Waals surface area contributed by atoms with E-state index in [0.717, 1.165) is 5.56 Å². The Bertz CT molecular complexity index is 885. The van der Waals surface area contributed by atoms with Gasteiger partial charge in [0, 0.05) is 17.7 Å². The van der Waals surface area contributed by atoms with Crippen LogP contribution in [0.4, 0.5) is 5.69 Å². The number of rotatable bonds is 7. The molecule has 0 spiro atoms. The third-order valence-corrected chi connectivity index (χ3v) is 4.48. The number of non-ortho nitro benzene ring substituents is 1. The van der Waals surface area contributed by atoms with Crippen molar-refractivity contribution in [3.05, 3.63) is 75.3 Å². The molecule has 0 heterocycles. The maximum Gasteiger partial charge on any atom is 0.308 e. The summed E-state index contributed by atoms with van der Waals surface area (Å²) >= 11 is 0. The van der Waals surface area contributed by atoms with Crippen LogP contribution in [0.3, 0.4) is 0 Å². The first-order chi connectivity index (χ1) is 13.6. The number of amides is 1. The number of carbonyl (C=O) groups is 2. The van der Waals surface area contributed by atoms with Crippen molar-refractivity contribution in [1.82, 2.24) is 5.32 Å². The molecule has 2 rings (SSSR count). The Labute approximate surface area is 170 Å². The lowest BCUT2D eigenvalue weighted by Crippen LogP contribution is -2.30. The maximum atomic E-state index is 12.8. The summed E-state index contributed by atoms with van der Waals surface area (Å²) in [5, 5.41) is 13.9. The molecule has 0 saturated heterocycles. The van der Waals surface area contributed by atoms with E-state index >= 15 is 0 Å². The normalized spacial score (nSPS) is 12.1. The van der Waals surface area contributed by atoms with Crippen LogP contribution in [0.5, 0.6) is 0 Å². The van der Waals surface area contributed by atoms with Gasteiger partial charge in [0.05, 0.1) is 24.0 Å². The van der Waals surface area contributed by atoms with Crippen molar-refractivity contribution in [1.29, 1.82) is 0 Å². The molecule has 154 valence electrons. The monoisotopic (exact) mass is 398 g/mol. The van der Waals surface area contributed by atoms with Crippen LogP contribution in [-0.2, 0) is 14.9 Å². The van der Waals surface area contributed by atoms with Crippen molar-refractivity contribution in [2.24, 2.45) is 0 Å². The van der Waals surface area contributed by atoms with Crippen LogP contribution in [-0.4, -0.2) is 23.4 Å². The van der Waals surface area contributed by atoms with Crippen molar-refractivity contribution in [3.8, 4) is 0 Å².